The molecule has 1 N–H and O–H groups in total. The van der Waals surface area contributed by atoms with Gasteiger partial charge in [0, 0.05) is 49.9 Å². The van der Waals surface area contributed by atoms with Gasteiger partial charge in [-0.15, -0.1) is 0 Å². The van der Waals surface area contributed by atoms with Gasteiger partial charge in [-0.2, -0.15) is 4.31 Å². The van der Waals surface area contributed by atoms with Crippen LogP contribution in [0.5, 0.6) is 0 Å². The molecule has 4 heterocycles. The Kier molecular flexibility index (Phi) is 6.26. The molecule has 0 aliphatic carbocycles. The van der Waals surface area contributed by atoms with Crippen LogP contribution < -0.4 is 5.32 Å². The van der Waals surface area contributed by atoms with Crippen molar-refractivity contribution in [1.82, 2.24) is 24.2 Å². The lowest BCUT2D eigenvalue weighted by molar-refractivity contribution is 0.0731. The number of hydrogen-bond donors (Lipinski definition) is 1. The van der Waals surface area contributed by atoms with Crippen molar-refractivity contribution < 1.29 is 13.2 Å². The van der Waals surface area contributed by atoms with Gasteiger partial charge in [0.2, 0.25) is 10.0 Å². The molecule has 0 aromatic carbocycles. The van der Waals surface area contributed by atoms with E-state index in [1.165, 1.54) is 4.31 Å². The maximum absolute atomic E-state index is 12.5. The Morgan fingerprint density at radius 1 is 1.03 bits per heavy atom. The van der Waals surface area contributed by atoms with Gasteiger partial charge < -0.3 is 10.1 Å². The van der Waals surface area contributed by atoms with Crippen molar-refractivity contribution in [1.29, 1.82) is 0 Å². The fraction of sp³-hybridized carbons (Fsp3) is 0.300. The molecule has 4 rings (SSSR count). The van der Waals surface area contributed by atoms with Gasteiger partial charge in [-0.05, 0) is 24.3 Å². The Morgan fingerprint density at radius 3 is 2.63 bits per heavy atom. The first-order valence-electron chi connectivity index (χ1n) is 9.62. The highest BCUT2D eigenvalue weighted by Gasteiger charge is 2.23. The fourth-order valence-corrected chi connectivity index (χ4v) is 4.40. The Balaban J connectivity index is 1.55. The van der Waals surface area contributed by atoms with E-state index in [2.05, 4.69) is 25.3 Å². The molecule has 3 aromatic rings. The second-order valence-electron chi connectivity index (χ2n) is 6.67. The summed E-state index contributed by atoms with van der Waals surface area (Å²) in [6, 6.07) is 11.0. The molecule has 156 valence electrons. The van der Waals surface area contributed by atoms with Crippen molar-refractivity contribution in [2.24, 2.45) is 0 Å². The zero-order valence-corrected chi connectivity index (χ0v) is 17.1. The highest BCUT2D eigenvalue weighted by atomic mass is 32.2. The zero-order valence-electron chi connectivity index (χ0n) is 16.3. The molecular formula is C20H22N6O3S. The highest BCUT2D eigenvalue weighted by Crippen LogP contribution is 2.22. The summed E-state index contributed by atoms with van der Waals surface area (Å²) >= 11 is 0. The first-order chi connectivity index (χ1) is 14.6. The normalized spacial score (nSPS) is 15.1. The molecule has 10 heteroatoms. The van der Waals surface area contributed by atoms with E-state index in [1.54, 1.807) is 24.7 Å². The lowest BCUT2D eigenvalue weighted by Crippen LogP contribution is -2.42. The van der Waals surface area contributed by atoms with Crippen molar-refractivity contribution in [3.05, 3.63) is 55.0 Å². The van der Waals surface area contributed by atoms with E-state index in [0.717, 1.165) is 5.56 Å². The average molecular weight is 427 g/mol. The van der Waals surface area contributed by atoms with E-state index >= 15 is 0 Å². The SMILES string of the molecule is O=S(=O)(CCNc1cc(-c2cccnc2)nc(-c2ccccn2)n1)N1CCOCC1. The standard InChI is InChI=1S/C20H22N6O3S/c27-30(28,26-9-11-29-12-10-26)13-8-23-19-14-18(16-4-3-6-21-15-16)24-20(25-19)17-5-1-2-7-22-17/h1-7,14-15H,8-13H2,(H,23,24,25). The Hall–Kier alpha value is -2.95. The molecular weight excluding hydrogens is 404 g/mol. The van der Waals surface area contributed by atoms with Gasteiger partial charge in [-0.3, -0.25) is 9.97 Å². The third-order valence-corrected chi connectivity index (χ3v) is 6.48. The van der Waals surface area contributed by atoms with Crippen LogP contribution in [0.2, 0.25) is 0 Å². The number of nitrogens with one attached hydrogen (secondary N) is 1. The van der Waals surface area contributed by atoms with Crippen molar-refractivity contribution in [3.8, 4) is 22.8 Å². The van der Waals surface area contributed by atoms with Crippen LogP contribution >= 0.6 is 0 Å². The third kappa shape index (κ3) is 4.96. The third-order valence-electron chi connectivity index (χ3n) is 4.61. The predicted octanol–water partition coefficient (Wildman–Crippen LogP) is 1.67. The van der Waals surface area contributed by atoms with Crippen LogP contribution in [0.15, 0.2) is 55.0 Å². The monoisotopic (exact) mass is 426 g/mol. The number of morpholine rings is 1. The lowest BCUT2D eigenvalue weighted by atomic mass is 10.2. The smallest absolute Gasteiger partial charge is 0.215 e. The molecule has 0 spiro atoms. The zero-order chi connectivity index (χ0) is 20.8. The lowest BCUT2D eigenvalue weighted by Gasteiger charge is -2.26. The van der Waals surface area contributed by atoms with Gasteiger partial charge in [-0.25, -0.2) is 18.4 Å². The highest BCUT2D eigenvalue weighted by molar-refractivity contribution is 7.89. The van der Waals surface area contributed by atoms with E-state index in [4.69, 9.17) is 4.74 Å². The van der Waals surface area contributed by atoms with Crippen LogP contribution in [-0.2, 0) is 14.8 Å². The number of ether oxygens (including phenoxy) is 1. The predicted molar refractivity (Wildman–Crippen MR) is 113 cm³/mol. The number of anilines is 1. The topological polar surface area (TPSA) is 110 Å². The fourth-order valence-electron chi connectivity index (χ4n) is 3.07. The summed E-state index contributed by atoms with van der Waals surface area (Å²) < 4.78 is 31.8. The molecule has 1 fully saturated rings. The minimum absolute atomic E-state index is 0.0296. The summed E-state index contributed by atoms with van der Waals surface area (Å²) in [7, 11) is -3.35. The molecule has 1 saturated heterocycles. The van der Waals surface area contributed by atoms with Crippen molar-refractivity contribution in [2.45, 2.75) is 0 Å². The molecule has 30 heavy (non-hydrogen) atoms. The summed E-state index contributed by atoms with van der Waals surface area (Å²) in [5.74, 6) is 0.954. The first-order valence-corrected chi connectivity index (χ1v) is 11.2. The number of pyridine rings is 2. The molecule has 0 saturated carbocycles. The Labute approximate surface area is 175 Å². The quantitative estimate of drug-likeness (QED) is 0.608. The second-order valence-corrected chi connectivity index (χ2v) is 8.76. The molecule has 3 aromatic heterocycles. The van der Waals surface area contributed by atoms with Gasteiger partial charge in [0.15, 0.2) is 5.82 Å². The number of rotatable bonds is 7. The molecule has 0 unspecified atom stereocenters. The largest absolute Gasteiger partial charge is 0.379 e. The van der Waals surface area contributed by atoms with Crippen LogP contribution in [0.25, 0.3) is 22.8 Å². The second kappa shape index (κ2) is 9.24. The van der Waals surface area contributed by atoms with Gasteiger partial charge in [-0.1, -0.05) is 6.07 Å². The van der Waals surface area contributed by atoms with E-state index in [-0.39, 0.29) is 12.3 Å². The average Bonchev–Trinajstić information content (AvgIpc) is 2.80. The van der Waals surface area contributed by atoms with Crippen LogP contribution in [0, 0.1) is 0 Å². The molecule has 9 nitrogen and oxygen atoms in total. The maximum Gasteiger partial charge on any atom is 0.215 e. The van der Waals surface area contributed by atoms with Crippen LogP contribution in [0.3, 0.4) is 0 Å². The van der Waals surface area contributed by atoms with Gasteiger partial charge in [0.25, 0.3) is 0 Å². The summed E-state index contributed by atoms with van der Waals surface area (Å²) in [5.41, 5.74) is 2.14. The number of hydrogen-bond acceptors (Lipinski definition) is 8. The molecule has 0 radical (unpaired) electrons. The summed E-state index contributed by atoms with van der Waals surface area (Å²) in [6.07, 6.45) is 5.09. The molecule has 0 atom stereocenters. The molecule has 0 bridgehead atoms. The van der Waals surface area contributed by atoms with Gasteiger partial charge in [0.1, 0.15) is 11.5 Å². The van der Waals surface area contributed by atoms with Crippen LogP contribution in [0.1, 0.15) is 0 Å². The summed E-state index contributed by atoms with van der Waals surface area (Å²) in [4.78, 5) is 17.6. The van der Waals surface area contributed by atoms with E-state index in [0.29, 0.717) is 49.3 Å². The van der Waals surface area contributed by atoms with Crippen molar-refractivity contribution in [2.75, 3.05) is 43.9 Å². The van der Waals surface area contributed by atoms with E-state index in [1.807, 2.05) is 30.3 Å². The Morgan fingerprint density at radius 2 is 1.90 bits per heavy atom. The minimum Gasteiger partial charge on any atom is -0.379 e. The summed E-state index contributed by atoms with van der Waals surface area (Å²) in [6.45, 7) is 1.88. The number of nitrogens with zero attached hydrogens (tertiary/aromatic N) is 5. The van der Waals surface area contributed by atoms with Crippen molar-refractivity contribution >= 4 is 15.8 Å². The van der Waals surface area contributed by atoms with Gasteiger partial charge in [0.05, 0.1) is 24.7 Å². The number of aromatic nitrogens is 4. The number of sulfonamides is 1. The molecule has 0 amide bonds. The molecule has 1 aliphatic rings. The van der Waals surface area contributed by atoms with E-state index < -0.39 is 10.0 Å². The minimum atomic E-state index is -3.35. The Bertz CT molecular complexity index is 1020. The van der Waals surface area contributed by atoms with Crippen molar-refractivity contribution in [3.63, 3.8) is 0 Å². The van der Waals surface area contributed by atoms with Gasteiger partial charge >= 0.3 is 0 Å². The van der Waals surface area contributed by atoms with Crippen LogP contribution in [-0.4, -0.2) is 71.3 Å². The summed E-state index contributed by atoms with van der Waals surface area (Å²) in [5, 5.41) is 3.12. The molecule has 1 aliphatic heterocycles. The maximum atomic E-state index is 12.5. The van der Waals surface area contributed by atoms with E-state index in [9.17, 15) is 8.42 Å². The van der Waals surface area contributed by atoms with Crippen LogP contribution in [0.4, 0.5) is 5.82 Å². The first kappa shape index (κ1) is 20.3.